The van der Waals surface area contributed by atoms with Crippen LogP contribution in [0.25, 0.3) is 11.0 Å². The molecule has 3 aromatic rings. The summed E-state index contributed by atoms with van der Waals surface area (Å²) < 4.78 is 28.9. The van der Waals surface area contributed by atoms with Gasteiger partial charge in [-0.3, -0.25) is 4.79 Å². The van der Waals surface area contributed by atoms with Crippen molar-refractivity contribution in [2.75, 3.05) is 25.0 Å². The van der Waals surface area contributed by atoms with Gasteiger partial charge < -0.3 is 9.47 Å². The highest BCUT2D eigenvalue weighted by Gasteiger charge is 2.23. The number of anilines is 1. The van der Waals surface area contributed by atoms with Gasteiger partial charge in [-0.05, 0) is 36.4 Å². The molecule has 0 saturated heterocycles. The molecule has 0 aliphatic rings. The Bertz CT molecular complexity index is 1290. The lowest BCUT2D eigenvalue weighted by atomic mass is 10.2. The van der Waals surface area contributed by atoms with Crippen LogP contribution in [0.1, 0.15) is 31.7 Å². The predicted octanol–water partition coefficient (Wildman–Crippen LogP) is 3.07. The second-order valence-electron chi connectivity index (χ2n) is 7.44. The Morgan fingerprint density at radius 3 is 2.53 bits per heavy atom. The third-order valence-electron chi connectivity index (χ3n) is 5.59. The second-order valence-corrected chi connectivity index (χ2v) is 9.38. The second kappa shape index (κ2) is 9.51. The minimum absolute atomic E-state index is 0.100. The van der Waals surface area contributed by atoms with E-state index in [2.05, 4.69) is 11.1 Å². The van der Waals surface area contributed by atoms with Crippen molar-refractivity contribution < 1.29 is 13.2 Å². The van der Waals surface area contributed by atoms with Crippen LogP contribution in [0.5, 0.6) is 0 Å². The van der Waals surface area contributed by atoms with Gasteiger partial charge in [0.2, 0.25) is 15.9 Å². The van der Waals surface area contributed by atoms with E-state index in [1.165, 1.54) is 9.21 Å². The smallest absolute Gasteiger partial charge is 0.243 e. The van der Waals surface area contributed by atoms with Crippen LogP contribution in [0.4, 0.5) is 5.69 Å². The number of carbonyl (C=O) groups excluding carboxylic acids is 1. The summed E-state index contributed by atoms with van der Waals surface area (Å²) in [6.07, 6.45) is 0.638. The molecular formula is C23H27N5O3S. The standard InChI is InChI=1S/C23H27N5O3S/c1-5-28(6-2)32(30,31)19-10-11-21-20(15-19)25-22(27(21)4)12-13-23(29)26(3)18-9-7-8-17(14-18)16-24/h7-11,14-15H,5-6,12-13H2,1-4H3. The van der Waals surface area contributed by atoms with Gasteiger partial charge in [-0.2, -0.15) is 9.57 Å². The Morgan fingerprint density at radius 1 is 1.16 bits per heavy atom. The zero-order valence-electron chi connectivity index (χ0n) is 18.7. The first kappa shape index (κ1) is 23.4. The third-order valence-corrected chi connectivity index (χ3v) is 7.63. The molecule has 0 spiro atoms. The van der Waals surface area contributed by atoms with Gasteiger partial charge >= 0.3 is 0 Å². The van der Waals surface area contributed by atoms with Crippen LogP contribution in [0, 0.1) is 11.3 Å². The minimum Gasteiger partial charge on any atom is -0.331 e. The van der Waals surface area contributed by atoms with Crippen molar-refractivity contribution in [3.05, 3.63) is 53.9 Å². The molecule has 1 heterocycles. The van der Waals surface area contributed by atoms with E-state index in [4.69, 9.17) is 5.26 Å². The normalized spacial score (nSPS) is 11.6. The minimum atomic E-state index is -3.57. The molecule has 3 rings (SSSR count). The largest absolute Gasteiger partial charge is 0.331 e. The summed E-state index contributed by atoms with van der Waals surface area (Å²) in [5.74, 6) is 0.599. The Hall–Kier alpha value is -3.22. The van der Waals surface area contributed by atoms with E-state index in [-0.39, 0.29) is 17.2 Å². The number of aryl methyl sites for hydroxylation is 2. The molecule has 0 aliphatic heterocycles. The fourth-order valence-corrected chi connectivity index (χ4v) is 5.12. The van der Waals surface area contributed by atoms with E-state index in [1.807, 2.05) is 25.5 Å². The number of nitriles is 1. The van der Waals surface area contributed by atoms with Crippen molar-refractivity contribution in [3.63, 3.8) is 0 Å². The first-order valence-corrected chi connectivity index (χ1v) is 11.9. The molecule has 1 amide bonds. The molecule has 1 aromatic heterocycles. The van der Waals surface area contributed by atoms with Crippen LogP contribution < -0.4 is 4.90 Å². The van der Waals surface area contributed by atoms with Gasteiger partial charge in [0.25, 0.3) is 0 Å². The van der Waals surface area contributed by atoms with Crippen LogP contribution in [-0.4, -0.2) is 48.3 Å². The average Bonchev–Trinajstić information content (AvgIpc) is 3.12. The molecule has 0 radical (unpaired) electrons. The molecule has 168 valence electrons. The van der Waals surface area contributed by atoms with Gasteiger partial charge in [-0.1, -0.05) is 19.9 Å². The Morgan fingerprint density at radius 2 is 1.88 bits per heavy atom. The Kier molecular flexibility index (Phi) is 6.96. The zero-order chi connectivity index (χ0) is 23.5. The van der Waals surface area contributed by atoms with Crippen molar-refractivity contribution in [3.8, 4) is 6.07 Å². The van der Waals surface area contributed by atoms with E-state index in [1.54, 1.807) is 49.5 Å². The molecule has 9 heteroatoms. The zero-order valence-corrected chi connectivity index (χ0v) is 19.6. The van der Waals surface area contributed by atoms with Crippen LogP contribution in [0.15, 0.2) is 47.4 Å². The highest BCUT2D eigenvalue weighted by molar-refractivity contribution is 7.89. The number of hydrogen-bond acceptors (Lipinski definition) is 5. The number of fused-ring (bicyclic) bond motifs is 1. The average molecular weight is 454 g/mol. The van der Waals surface area contributed by atoms with Crippen molar-refractivity contribution >= 4 is 32.7 Å². The third kappa shape index (κ3) is 4.52. The summed E-state index contributed by atoms with van der Waals surface area (Å²) >= 11 is 0. The topological polar surface area (TPSA) is 99.3 Å². The van der Waals surface area contributed by atoms with Gasteiger partial charge in [0.1, 0.15) is 5.82 Å². The van der Waals surface area contributed by atoms with E-state index >= 15 is 0 Å². The number of sulfonamides is 1. The summed E-state index contributed by atoms with van der Waals surface area (Å²) in [5, 5.41) is 9.06. The number of aromatic nitrogens is 2. The van der Waals surface area contributed by atoms with Crippen molar-refractivity contribution in [2.24, 2.45) is 7.05 Å². The molecule has 32 heavy (non-hydrogen) atoms. The lowest BCUT2D eigenvalue weighted by Crippen LogP contribution is -2.30. The van der Waals surface area contributed by atoms with E-state index in [9.17, 15) is 13.2 Å². The number of amides is 1. The maximum absolute atomic E-state index is 12.8. The monoisotopic (exact) mass is 453 g/mol. The molecule has 8 nitrogen and oxygen atoms in total. The number of carbonyl (C=O) groups is 1. The Labute approximate surface area is 188 Å². The maximum atomic E-state index is 12.8. The quantitative estimate of drug-likeness (QED) is 0.522. The summed E-state index contributed by atoms with van der Waals surface area (Å²) in [4.78, 5) is 19.0. The van der Waals surface area contributed by atoms with E-state index in [0.717, 1.165) is 5.52 Å². The molecule has 0 N–H and O–H groups in total. The fourth-order valence-electron chi connectivity index (χ4n) is 3.64. The first-order chi connectivity index (χ1) is 15.2. The van der Waals surface area contributed by atoms with Gasteiger partial charge in [-0.25, -0.2) is 13.4 Å². The SMILES string of the molecule is CCN(CC)S(=O)(=O)c1ccc2c(c1)nc(CCC(=O)N(C)c1cccc(C#N)c1)n2C. The number of benzene rings is 2. The highest BCUT2D eigenvalue weighted by Crippen LogP contribution is 2.23. The van der Waals surface area contributed by atoms with Gasteiger partial charge in [0.15, 0.2) is 0 Å². The summed E-state index contributed by atoms with van der Waals surface area (Å²) in [6.45, 7) is 4.42. The van der Waals surface area contributed by atoms with Crippen molar-refractivity contribution in [1.29, 1.82) is 5.26 Å². The summed E-state index contributed by atoms with van der Waals surface area (Å²) in [7, 11) is -0.0356. The Balaban J connectivity index is 1.80. The lowest BCUT2D eigenvalue weighted by molar-refractivity contribution is -0.118. The van der Waals surface area contributed by atoms with Gasteiger partial charge in [-0.15, -0.1) is 0 Å². The molecule has 0 unspecified atom stereocenters. The number of hydrogen-bond donors (Lipinski definition) is 0. The van der Waals surface area contributed by atoms with Gasteiger partial charge in [0.05, 0.1) is 27.6 Å². The molecule has 0 saturated carbocycles. The lowest BCUT2D eigenvalue weighted by Gasteiger charge is -2.18. The predicted molar refractivity (Wildman–Crippen MR) is 124 cm³/mol. The van der Waals surface area contributed by atoms with Crippen LogP contribution in [-0.2, 0) is 28.3 Å². The maximum Gasteiger partial charge on any atom is 0.243 e. The first-order valence-electron chi connectivity index (χ1n) is 10.4. The molecule has 0 bridgehead atoms. The number of nitrogens with zero attached hydrogens (tertiary/aromatic N) is 5. The van der Waals surface area contributed by atoms with Crippen LogP contribution in [0.3, 0.4) is 0 Å². The molecule has 0 atom stereocenters. The number of rotatable bonds is 8. The fraction of sp³-hybridized carbons (Fsp3) is 0.348. The summed E-state index contributed by atoms with van der Waals surface area (Å²) in [5.41, 5.74) is 2.54. The van der Waals surface area contributed by atoms with Gasteiger partial charge in [0, 0.05) is 45.7 Å². The van der Waals surface area contributed by atoms with Crippen LogP contribution >= 0.6 is 0 Å². The molecule has 0 aliphatic carbocycles. The highest BCUT2D eigenvalue weighted by atomic mass is 32.2. The molecular weight excluding hydrogens is 426 g/mol. The van der Waals surface area contributed by atoms with E-state index < -0.39 is 10.0 Å². The molecule has 0 fully saturated rings. The molecule has 2 aromatic carbocycles. The summed E-state index contributed by atoms with van der Waals surface area (Å²) in [6, 6.07) is 13.9. The number of imidazole rings is 1. The van der Waals surface area contributed by atoms with Crippen molar-refractivity contribution in [2.45, 2.75) is 31.6 Å². The van der Waals surface area contributed by atoms with Crippen LogP contribution in [0.2, 0.25) is 0 Å². The van der Waals surface area contributed by atoms with Crippen molar-refractivity contribution in [1.82, 2.24) is 13.9 Å². The van der Waals surface area contributed by atoms with E-state index in [0.29, 0.717) is 42.1 Å².